The van der Waals surface area contributed by atoms with E-state index in [1.807, 2.05) is 13.1 Å². The number of likely N-dealkylation sites (tertiary alicyclic amines) is 1. The number of piperidine rings is 1. The minimum absolute atomic E-state index is 0.432. The second kappa shape index (κ2) is 9.72. The third kappa shape index (κ3) is 5.94. The molecule has 1 aromatic carbocycles. The highest BCUT2D eigenvalue weighted by molar-refractivity contribution is 6.29. The molecule has 0 radical (unpaired) electrons. The number of benzene rings is 1. The highest BCUT2D eigenvalue weighted by atomic mass is 35.5. The summed E-state index contributed by atoms with van der Waals surface area (Å²) < 4.78 is 0. The molecular formula is C21H28ClN5. The predicted molar refractivity (Wildman–Crippen MR) is 112 cm³/mol. The van der Waals surface area contributed by atoms with Gasteiger partial charge < -0.3 is 10.6 Å². The highest BCUT2D eigenvalue weighted by Crippen LogP contribution is 2.20. The van der Waals surface area contributed by atoms with Gasteiger partial charge in [0.05, 0.1) is 0 Å². The van der Waals surface area contributed by atoms with Gasteiger partial charge >= 0.3 is 0 Å². The van der Waals surface area contributed by atoms with Crippen molar-refractivity contribution in [3.63, 3.8) is 0 Å². The number of rotatable bonds is 5. The van der Waals surface area contributed by atoms with Crippen LogP contribution in [-0.4, -0.2) is 41.5 Å². The Labute approximate surface area is 166 Å². The Bertz CT molecular complexity index is 732. The van der Waals surface area contributed by atoms with E-state index in [-0.39, 0.29) is 0 Å². The quantitative estimate of drug-likeness (QED) is 0.470. The van der Waals surface area contributed by atoms with Gasteiger partial charge in [0.25, 0.3) is 0 Å². The number of guanidine groups is 1. The Hall–Kier alpha value is -2.11. The average molecular weight is 386 g/mol. The SMILES string of the molecule is CN=C(NCc1ccc(Cl)nc1)NC1CCN(Cc2ccccc2)C(C)C1. The van der Waals surface area contributed by atoms with Gasteiger partial charge in [0.15, 0.2) is 5.96 Å². The fourth-order valence-corrected chi connectivity index (χ4v) is 3.60. The van der Waals surface area contributed by atoms with Crippen LogP contribution in [0.1, 0.15) is 30.9 Å². The number of nitrogens with zero attached hydrogens (tertiary/aromatic N) is 3. The van der Waals surface area contributed by atoms with Crippen molar-refractivity contribution in [1.82, 2.24) is 20.5 Å². The van der Waals surface area contributed by atoms with Gasteiger partial charge in [-0.15, -0.1) is 0 Å². The maximum atomic E-state index is 5.84. The van der Waals surface area contributed by atoms with Gasteiger partial charge in [-0.3, -0.25) is 9.89 Å². The van der Waals surface area contributed by atoms with Crippen molar-refractivity contribution in [2.75, 3.05) is 13.6 Å². The summed E-state index contributed by atoms with van der Waals surface area (Å²) in [5, 5.41) is 7.44. The molecule has 0 amide bonds. The van der Waals surface area contributed by atoms with Crippen molar-refractivity contribution in [1.29, 1.82) is 0 Å². The van der Waals surface area contributed by atoms with Crippen LogP contribution in [0, 0.1) is 0 Å². The fourth-order valence-electron chi connectivity index (χ4n) is 3.49. The van der Waals surface area contributed by atoms with Crippen LogP contribution >= 0.6 is 11.6 Å². The summed E-state index contributed by atoms with van der Waals surface area (Å²) in [5.74, 6) is 0.832. The third-order valence-corrected chi connectivity index (χ3v) is 5.28. The van der Waals surface area contributed by atoms with E-state index >= 15 is 0 Å². The van der Waals surface area contributed by atoms with E-state index in [2.05, 4.69) is 62.8 Å². The first kappa shape index (κ1) is 19.6. The van der Waals surface area contributed by atoms with Gasteiger partial charge in [-0.2, -0.15) is 0 Å². The number of aliphatic imine (C=N–C) groups is 1. The summed E-state index contributed by atoms with van der Waals surface area (Å²) in [6.07, 6.45) is 4.00. The minimum atomic E-state index is 0.432. The zero-order valence-corrected chi connectivity index (χ0v) is 16.8. The summed E-state index contributed by atoms with van der Waals surface area (Å²) in [5.41, 5.74) is 2.46. The summed E-state index contributed by atoms with van der Waals surface area (Å²) >= 11 is 5.84. The highest BCUT2D eigenvalue weighted by Gasteiger charge is 2.25. The van der Waals surface area contributed by atoms with Crippen LogP contribution in [0.25, 0.3) is 0 Å². The molecule has 27 heavy (non-hydrogen) atoms. The molecular weight excluding hydrogens is 358 g/mol. The Morgan fingerprint density at radius 1 is 1.22 bits per heavy atom. The van der Waals surface area contributed by atoms with Crippen molar-refractivity contribution in [3.8, 4) is 0 Å². The van der Waals surface area contributed by atoms with Gasteiger partial charge in [0, 0.05) is 45.0 Å². The largest absolute Gasteiger partial charge is 0.354 e. The van der Waals surface area contributed by atoms with E-state index in [1.54, 1.807) is 12.3 Å². The number of hydrogen-bond acceptors (Lipinski definition) is 3. The number of nitrogens with one attached hydrogen (secondary N) is 2. The van der Waals surface area contributed by atoms with Crippen LogP contribution in [0.2, 0.25) is 5.15 Å². The summed E-state index contributed by atoms with van der Waals surface area (Å²) in [6, 6.07) is 15.4. The molecule has 1 aromatic heterocycles. The minimum Gasteiger partial charge on any atom is -0.354 e. The molecule has 0 saturated carbocycles. The Morgan fingerprint density at radius 2 is 2.04 bits per heavy atom. The number of halogens is 1. The summed E-state index contributed by atoms with van der Waals surface area (Å²) in [4.78, 5) is 11.0. The van der Waals surface area contributed by atoms with Gasteiger partial charge in [-0.25, -0.2) is 4.98 Å². The number of pyridine rings is 1. The van der Waals surface area contributed by atoms with Crippen molar-refractivity contribution in [3.05, 3.63) is 64.9 Å². The monoisotopic (exact) mass is 385 g/mol. The zero-order chi connectivity index (χ0) is 19.1. The van der Waals surface area contributed by atoms with Crippen molar-refractivity contribution < 1.29 is 0 Å². The van der Waals surface area contributed by atoms with Gasteiger partial charge in [0.1, 0.15) is 5.15 Å². The zero-order valence-electron chi connectivity index (χ0n) is 16.0. The lowest BCUT2D eigenvalue weighted by molar-refractivity contribution is 0.134. The van der Waals surface area contributed by atoms with E-state index in [0.29, 0.717) is 23.8 Å². The molecule has 1 fully saturated rings. The van der Waals surface area contributed by atoms with Gasteiger partial charge in [0.2, 0.25) is 0 Å². The maximum absolute atomic E-state index is 5.84. The van der Waals surface area contributed by atoms with E-state index < -0.39 is 0 Å². The smallest absolute Gasteiger partial charge is 0.191 e. The van der Waals surface area contributed by atoms with E-state index in [1.165, 1.54) is 5.56 Å². The lowest BCUT2D eigenvalue weighted by atomic mass is 9.97. The van der Waals surface area contributed by atoms with Crippen molar-refractivity contribution in [2.24, 2.45) is 4.99 Å². The van der Waals surface area contributed by atoms with Crippen LogP contribution in [0.3, 0.4) is 0 Å². The van der Waals surface area contributed by atoms with E-state index in [4.69, 9.17) is 11.6 Å². The Morgan fingerprint density at radius 3 is 2.70 bits per heavy atom. The lowest BCUT2D eigenvalue weighted by Gasteiger charge is -2.38. The molecule has 5 nitrogen and oxygen atoms in total. The molecule has 2 N–H and O–H groups in total. The number of hydrogen-bond donors (Lipinski definition) is 2. The first-order valence-electron chi connectivity index (χ1n) is 9.49. The second-order valence-corrected chi connectivity index (χ2v) is 7.47. The molecule has 2 unspecified atom stereocenters. The lowest BCUT2D eigenvalue weighted by Crippen LogP contribution is -2.51. The van der Waals surface area contributed by atoms with E-state index in [0.717, 1.165) is 37.5 Å². The molecule has 1 aliphatic rings. The molecule has 2 atom stereocenters. The van der Waals surface area contributed by atoms with Gasteiger partial charge in [-0.05, 0) is 37.0 Å². The topological polar surface area (TPSA) is 52.6 Å². The summed E-state index contributed by atoms with van der Waals surface area (Å²) in [7, 11) is 1.81. The van der Waals surface area contributed by atoms with Crippen LogP contribution < -0.4 is 10.6 Å². The number of aromatic nitrogens is 1. The maximum Gasteiger partial charge on any atom is 0.191 e. The average Bonchev–Trinajstić information content (AvgIpc) is 2.69. The molecule has 3 rings (SSSR count). The molecule has 2 aromatic rings. The normalized spacial score (nSPS) is 21.1. The van der Waals surface area contributed by atoms with Crippen LogP contribution in [-0.2, 0) is 13.1 Å². The van der Waals surface area contributed by atoms with Crippen molar-refractivity contribution >= 4 is 17.6 Å². The van der Waals surface area contributed by atoms with Gasteiger partial charge in [-0.1, -0.05) is 48.0 Å². The van der Waals surface area contributed by atoms with Crippen LogP contribution in [0.4, 0.5) is 0 Å². The predicted octanol–water partition coefficient (Wildman–Crippen LogP) is 3.45. The molecule has 2 heterocycles. The fraction of sp³-hybridized carbons (Fsp3) is 0.429. The Balaban J connectivity index is 1.47. The van der Waals surface area contributed by atoms with Crippen molar-refractivity contribution in [2.45, 2.75) is 44.9 Å². The standard InChI is InChI=1S/C21H28ClN5/c1-16-12-19(10-11-27(16)15-17-6-4-3-5-7-17)26-21(23-2)25-14-18-8-9-20(22)24-13-18/h3-9,13,16,19H,10-12,14-15H2,1-2H3,(H2,23,25,26). The Kier molecular flexibility index (Phi) is 7.07. The molecule has 0 aliphatic carbocycles. The third-order valence-electron chi connectivity index (χ3n) is 5.06. The molecule has 0 bridgehead atoms. The van der Waals surface area contributed by atoms with Crippen LogP contribution in [0.5, 0.6) is 0 Å². The molecule has 0 spiro atoms. The molecule has 1 saturated heterocycles. The first-order chi connectivity index (χ1) is 13.1. The van der Waals surface area contributed by atoms with Crippen LogP contribution in [0.15, 0.2) is 53.7 Å². The molecule has 6 heteroatoms. The summed E-state index contributed by atoms with van der Waals surface area (Å²) in [6.45, 7) is 5.09. The first-order valence-corrected chi connectivity index (χ1v) is 9.87. The van der Waals surface area contributed by atoms with E-state index in [9.17, 15) is 0 Å². The molecule has 144 valence electrons. The molecule has 1 aliphatic heterocycles. The second-order valence-electron chi connectivity index (χ2n) is 7.09.